The number of fused-ring (bicyclic) bond motifs is 1. The molecular formula is C26H28N2O2. The summed E-state index contributed by atoms with van der Waals surface area (Å²) in [6.07, 6.45) is 0.812. The molecule has 0 spiro atoms. The van der Waals surface area contributed by atoms with E-state index in [0.717, 1.165) is 45.8 Å². The quantitative estimate of drug-likeness (QED) is 0.592. The third-order valence-corrected chi connectivity index (χ3v) is 5.86. The lowest BCUT2D eigenvalue weighted by molar-refractivity contribution is 0.0974. The average molecular weight is 401 g/mol. The maximum Gasteiger partial charge on any atom is 0.258 e. The summed E-state index contributed by atoms with van der Waals surface area (Å²) in [6.45, 7) is 6.23. The Kier molecular flexibility index (Phi) is 5.49. The monoisotopic (exact) mass is 400 g/mol. The summed E-state index contributed by atoms with van der Waals surface area (Å²) in [6, 6.07) is 22.2. The van der Waals surface area contributed by atoms with Gasteiger partial charge in [0.1, 0.15) is 5.75 Å². The van der Waals surface area contributed by atoms with Crippen LogP contribution in [0, 0.1) is 13.8 Å². The number of nitrogens with zero attached hydrogens (tertiary/aromatic N) is 1. The molecule has 0 aliphatic carbocycles. The number of carbonyl (C=O) groups excluding carboxylic acids is 1. The SMILES string of the molecule is COc1ccccc1NC1CC(C)N(C(=O)c2ccc(C)cc2)c2c(C)cccc21. The van der Waals surface area contributed by atoms with Gasteiger partial charge in [-0.25, -0.2) is 0 Å². The zero-order valence-corrected chi connectivity index (χ0v) is 18.0. The number of anilines is 2. The molecule has 4 nitrogen and oxygen atoms in total. The van der Waals surface area contributed by atoms with Crippen molar-refractivity contribution in [2.75, 3.05) is 17.3 Å². The molecular weight excluding hydrogens is 372 g/mol. The van der Waals surface area contributed by atoms with Crippen LogP contribution in [0.1, 0.15) is 46.4 Å². The molecule has 1 aliphatic rings. The minimum Gasteiger partial charge on any atom is -0.495 e. The predicted molar refractivity (Wildman–Crippen MR) is 123 cm³/mol. The van der Waals surface area contributed by atoms with Gasteiger partial charge >= 0.3 is 0 Å². The Balaban J connectivity index is 1.74. The molecule has 4 rings (SSSR count). The first-order valence-electron chi connectivity index (χ1n) is 10.4. The van der Waals surface area contributed by atoms with Crippen molar-refractivity contribution >= 4 is 17.3 Å². The van der Waals surface area contributed by atoms with E-state index >= 15 is 0 Å². The number of aryl methyl sites for hydroxylation is 2. The Bertz CT molecular complexity index is 1060. The Morgan fingerprint density at radius 1 is 1.00 bits per heavy atom. The van der Waals surface area contributed by atoms with Crippen LogP contribution in [-0.2, 0) is 0 Å². The van der Waals surface area contributed by atoms with Crippen molar-refractivity contribution in [1.29, 1.82) is 0 Å². The van der Waals surface area contributed by atoms with Crippen LogP contribution >= 0.6 is 0 Å². The highest BCUT2D eigenvalue weighted by atomic mass is 16.5. The minimum absolute atomic E-state index is 0.0498. The van der Waals surface area contributed by atoms with Gasteiger partial charge in [-0.15, -0.1) is 0 Å². The lowest BCUT2D eigenvalue weighted by Crippen LogP contribution is -2.44. The molecule has 0 bridgehead atoms. The van der Waals surface area contributed by atoms with Crippen LogP contribution in [0.5, 0.6) is 5.75 Å². The summed E-state index contributed by atoms with van der Waals surface area (Å²) in [5.41, 5.74) is 6.08. The van der Waals surface area contributed by atoms with Crippen molar-refractivity contribution in [3.63, 3.8) is 0 Å². The number of ether oxygens (including phenoxy) is 1. The topological polar surface area (TPSA) is 41.6 Å². The predicted octanol–water partition coefficient (Wildman–Crippen LogP) is 5.90. The number of benzene rings is 3. The highest BCUT2D eigenvalue weighted by Crippen LogP contribution is 2.42. The van der Waals surface area contributed by atoms with Crippen LogP contribution in [0.15, 0.2) is 66.7 Å². The van der Waals surface area contributed by atoms with Gasteiger partial charge in [0.2, 0.25) is 0 Å². The number of carbonyl (C=O) groups is 1. The van der Waals surface area contributed by atoms with E-state index < -0.39 is 0 Å². The number of nitrogens with one attached hydrogen (secondary N) is 1. The molecule has 0 radical (unpaired) electrons. The van der Waals surface area contributed by atoms with E-state index in [4.69, 9.17) is 4.74 Å². The van der Waals surface area contributed by atoms with Crippen molar-refractivity contribution in [2.24, 2.45) is 0 Å². The summed E-state index contributed by atoms with van der Waals surface area (Å²) in [5, 5.41) is 3.66. The van der Waals surface area contributed by atoms with Crippen molar-refractivity contribution < 1.29 is 9.53 Å². The Morgan fingerprint density at radius 3 is 2.47 bits per heavy atom. The molecule has 3 aromatic rings. The lowest BCUT2D eigenvalue weighted by atomic mass is 9.88. The molecule has 30 heavy (non-hydrogen) atoms. The number of amides is 1. The first-order valence-corrected chi connectivity index (χ1v) is 10.4. The summed E-state index contributed by atoms with van der Waals surface area (Å²) in [5.74, 6) is 0.867. The smallest absolute Gasteiger partial charge is 0.258 e. The molecule has 4 heteroatoms. The fraction of sp³-hybridized carbons (Fsp3) is 0.269. The molecule has 0 fully saturated rings. The van der Waals surface area contributed by atoms with Crippen molar-refractivity contribution in [3.05, 3.63) is 89.0 Å². The van der Waals surface area contributed by atoms with Crippen LogP contribution in [-0.4, -0.2) is 19.1 Å². The zero-order valence-electron chi connectivity index (χ0n) is 18.0. The van der Waals surface area contributed by atoms with Gasteiger partial charge in [-0.3, -0.25) is 4.79 Å². The van der Waals surface area contributed by atoms with E-state index in [1.54, 1.807) is 7.11 Å². The van der Waals surface area contributed by atoms with Gasteiger partial charge in [0.25, 0.3) is 5.91 Å². The molecule has 0 aromatic heterocycles. The van der Waals surface area contributed by atoms with E-state index in [9.17, 15) is 4.79 Å². The molecule has 154 valence electrons. The second-order valence-electron chi connectivity index (χ2n) is 8.04. The molecule has 2 atom stereocenters. The molecule has 1 N–H and O–H groups in total. The van der Waals surface area contributed by atoms with E-state index in [2.05, 4.69) is 37.4 Å². The van der Waals surface area contributed by atoms with Gasteiger partial charge in [-0.05, 0) is 62.6 Å². The molecule has 3 aromatic carbocycles. The fourth-order valence-corrected chi connectivity index (χ4v) is 4.31. The van der Waals surface area contributed by atoms with Crippen LogP contribution < -0.4 is 15.0 Å². The summed E-state index contributed by atoms with van der Waals surface area (Å²) in [4.78, 5) is 15.5. The van der Waals surface area contributed by atoms with Gasteiger partial charge in [-0.1, -0.05) is 48.0 Å². The summed E-state index contributed by atoms with van der Waals surface area (Å²) in [7, 11) is 1.68. The van der Waals surface area contributed by atoms with Gasteiger partial charge in [0, 0.05) is 11.6 Å². The van der Waals surface area contributed by atoms with Gasteiger partial charge in [0.05, 0.1) is 24.5 Å². The molecule has 1 amide bonds. The lowest BCUT2D eigenvalue weighted by Gasteiger charge is -2.41. The van der Waals surface area contributed by atoms with E-state index in [1.807, 2.05) is 60.4 Å². The van der Waals surface area contributed by atoms with Crippen LogP contribution in [0.25, 0.3) is 0 Å². The number of hydrogen-bond acceptors (Lipinski definition) is 3. The Morgan fingerprint density at radius 2 is 1.73 bits per heavy atom. The number of rotatable bonds is 4. The standard InChI is InChI=1S/C26H28N2O2/c1-17-12-14-20(15-13-17)26(29)28-19(3)16-23(21-9-7-8-18(2)25(21)28)27-22-10-5-6-11-24(22)30-4/h5-15,19,23,27H,16H2,1-4H3. The summed E-state index contributed by atoms with van der Waals surface area (Å²) < 4.78 is 5.53. The number of hydrogen-bond donors (Lipinski definition) is 1. The minimum atomic E-state index is 0.0498. The normalized spacial score (nSPS) is 17.9. The molecule has 1 heterocycles. The zero-order chi connectivity index (χ0) is 21.3. The third-order valence-electron chi connectivity index (χ3n) is 5.86. The second-order valence-corrected chi connectivity index (χ2v) is 8.04. The Labute approximate surface area is 178 Å². The van der Waals surface area contributed by atoms with E-state index in [1.165, 1.54) is 0 Å². The van der Waals surface area contributed by atoms with Crippen LogP contribution in [0.3, 0.4) is 0 Å². The second kappa shape index (κ2) is 8.23. The molecule has 0 saturated carbocycles. The van der Waals surface area contributed by atoms with Gasteiger partial charge in [-0.2, -0.15) is 0 Å². The van der Waals surface area contributed by atoms with Gasteiger partial charge < -0.3 is 15.0 Å². The molecule has 1 aliphatic heterocycles. The summed E-state index contributed by atoms with van der Waals surface area (Å²) >= 11 is 0. The fourth-order valence-electron chi connectivity index (χ4n) is 4.31. The first kappa shape index (κ1) is 20.0. The maximum atomic E-state index is 13.5. The van der Waals surface area contributed by atoms with Gasteiger partial charge in [0.15, 0.2) is 0 Å². The first-order chi connectivity index (χ1) is 14.5. The van der Waals surface area contributed by atoms with Crippen molar-refractivity contribution in [3.8, 4) is 5.75 Å². The Hall–Kier alpha value is -3.27. The largest absolute Gasteiger partial charge is 0.495 e. The number of methoxy groups -OCH3 is 1. The maximum absolute atomic E-state index is 13.5. The van der Waals surface area contributed by atoms with Crippen molar-refractivity contribution in [2.45, 2.75) is 39.3 Å². The average Bonchev–Trinajstić information content (AvgIpc) is 2.75. The highest BCUT2D eigenvalue weighted by Gasteiger charge is 2.35. The molecule has 2 unspecified atom stereocenters. The molecule has 0 saturated heterocycles. The van der Waals surface area contributed by atoms with Crippen LogP contribution in [0.4, 0.5) is 11.4 Å². The van der Waals surface area contributed by atoms with Crippen molar-refractivity contribution in [1.82, 2.24) is 0 Å². The van der Waals surface area contributed by atoms with E-state index in [-0.39, 0.29) is 18.0 Å². The van der Waals surface area contributed by atoms with E-state index in [0.29, 0.717) is 0 Å². The highest BCUT2D eigenvalue weighted by molar-refractivity contribution is 6.07. The third kappa shape index (κ3) is 3.65. The van der Waals surface area contributed by atoms with Crippen LogP contribution in [0.2, 0.25) is 0 Å². The number of para-hydroxylation sites is 3.